The quantitative estimate of drug-likeness (QED) is 0.708. The second-order valence-electron chi connectivity index (χ2n) is 5.34. The van der Waals surface area contributed by atoms with Crippen LogP contribution in [-0.4, -0.2) is 12.1 Å². The zero-order valence-corrected chi connectivity index (χ0v) is 9.69. The van der Waals surface area contributed by atoms with Gasteiger partial charge in [-0.05, 0) is 38.1 Å². The van der Waals surface area contributed by atoms with E-state index in [9.17, 15) is 0 Å². The number of nitrogens with one attached hydrogen (secondary N) is 1. The standard InChI is InChI=1S/C12H25N/c1-10(2)9-13-12(4)8-6-5-7-11(12)3/h10-11,13H,5-9H2,1-4H3. The second kappa shape index (κ2) is 4.45. The predicted molar refractivity (Wildman–Crippen MR) is 58.9 cm³/mol. The SMILES string of the molecule is CC(C)CNC1(C)CCCCC1C. The van der Waals surface area contributed by atoms with Crippen LogP contribution in [0.5, 0.6) is 0 Å². The first-order chi connectivity index (χ1) is 6.04. The van der Waals surface area contributed by atoms with Gasteiger partial charge in [0.05, 0.1) is 0 Å². The molecule has 1 rings (SSSR count). The first-order valence-electron chi connectivity index (χ1n) is 5.79. The second-order valence-corrected chi connectivity index (χ2v) is 5.34. The minimum absolute atomic E-state index is 0.419. The van der Waals surface area contributed by atoms with Gasteiger partial charge in [0, 0.05) is 5.54 Å². The van der Waals surface area contributed by atoms with E-state index in [2.05, 4.69) is 33.0 Å². The molecule has 0 spiro atoms. The van der Waals surface area contributed by atoms with Crippen molar-refractivity contribution in [2.24, 2.45) is 11.8 Å². The smallest absolute Gasteiger partial charge is 0.0178 e. The molecule has 1 aliphatic rings. The molecule has 1 aliphatic carbocycles. The summed E-state index contributed by atoms with van der Waals surface area (Å²) in [7, 11) is 0. The van der Waals surface area contributed by atoms with Crippen LogP contribution >= 0.6 is 0 Å². The molecule has 0 aromatic carbocycles. The van der Waals surface area contributed by atoms with Crippen molar-refractivity contribution in [3.8, 4) is 0 Å². The highest BCUT2D eigenvalue weighted by atomic mass is 15.0. The molecule has 2 atom stereocenters. The van der Waals surface area contributed by atoms with Crippen LogP contribution in [-0.2, 0) is 0 Å². The van der Waals surface area contributed by atoms with E-state index in [4.69, 9.17) is 0 Å². The Morgan fingerprint density at radius 3 is 2.62 bits per heavy atom. The fourth-order valence-corrected chi connectivity index (χ4v) is 2.21. The Balaban J connectivity index is 2.42. The highest BCUT2D eigenvalue weighted by Crippen LogP contribution is 2.33. The maximum Gasteiger partial charge on any atom is 0.0178 e. The van der Waals surface area contributed by atoms with Crippen molar-refractivity contribution >= 4 is 0 Å². The molecule has 13 heavy (non-hydrogen) atoms. The van der Waals surface area contributed by atoms with E-state index in [1.165, 1.54) is 32.2 Å². The van der Waals surface area contributed by atoms with Crippen LogP contribution in [0.15, 0.2) is 0 Å². The molecule has 1 N–H and O–H groups in total. The number of hydrogen-bond acceptors (Lipinski definition) is 1. The summed E-state index contributed by atoms with van der Waals surface area (Å²) in [5.41, 5.74) is 0.419. The molecule has 1 nitrogen and oxygen atoms in total. The molecule has 0 aromatic rings. The third-order valence-corrected chi connectivity index (χ3v) is 3.59. The molecule has 0 heterocycles. The number of rotatable bonds is 3. The summed E-state index contributed by atoms with van der Waals surface area (Å²) in [5, 5.41) is 3.75. The maximum atomic E-state index is 3.75. The third kappa shape index (κ3) is 2.98. The Morgan fingerprint density at radius 2 is 2.08 bits per heavy atom. The molecule has 78 valence electrons. The van der Waals surface area contributed by atoms with Crippen molar-refractivity contribution < 1.29 is 0 Å². The average Bonchev–Trinajstić information content (AvgIpc) is 2.07. The van der Waals surface area contributed by atoms with Gasteiger partial charge in [-0.1, -0.05) is 33.6 Å². The van der Waals surface area contributed by atoms with Gasteiger partial charge in [-0.15, -0.1) is 0 Å². The summed E-state index contributed by atoms with van der Waals surface area (Å²) < 4.78 is 0. The van der Waals surface area contributed by atoms with E-state index >= 15 is 0 Å². The molecule has 0 aliphatic heterocycles. The monoisotopic (exact) mass is 183 g/mol. The van der Waals surface area contributed by atoms with Crippen molar-refractivity contribution in [3.63, 3.8) is 0 Å². The predicted octanol–water partition coefficient (Wildman–Crippen LogP) is 3.20. The highest BCUT2D eigenvalue weighted by molar-refractivity contribution is 4.91. The maximum absolute atomic E-state index is 3.75. The first-order valence-corrected chi connectivity index (χ1v) is 5.79. The topological polar surface area (TPSA) is 12.0 Å². The lowest BCUT2D eigenvalue weighted by molar-refractivity contribution is 0.169. The van der Waals surface area contributed by atoms with Gasteiger partial charge < -0.3 is 5.32 Å². The van der Waals surface area contributed by atoms with Crippen LogP contribution < -0.4 is 5.32 Å². The Bertz CT molecular complexity index is 153. The van der Waals surface area contributed by atoms with Crippen LogP contribution in [0.2, 0.25) is 0 Å². The average molecular weight is 183 g/mol. The Hall–Kier alpha value is -0.0400. The number of hydrogen-bond donors (Lipinski definition) is 1. The van der Waals surface area contributed by atoms with Crippen molar-refractivity contribution in [2.75, 3.05) is 6.54 Å². The van der Waals surface area contributed by atoms with Crippen LogP contribution in [0.1, 0.15) is 53.4 Å². The van der Waals surface area contributed by atoms with Gasteiger partial charge in [-0.2, -0.15) is 0 Å². The molecule has 0 bridgehead atoms. The largest absolute Gasteiger partial charge is 0.311 e. The van der Waals surface area contributed by atoms with Crippen molar-refractivity contribution in [2.45, 2.75) is 58.9 Å². The van der Waals surface area contributed by atoms with E-state index < -0.39 is 0 Å². The van der Waals surface area contributed by atoms with E-state index in [1.54, 1.807) is 0 Å². The summed E-state index contributed by atoms with van der Waals surface area (Å²) in [6, 6.07) is 0. The summed E-state index contributed by atoms with van der Waals surface area (Å²) in [6.45, 7) is 10.5. The van der Waals surface area contributed by atoms with Gasteiger partial charge in [0.1, 0.15) is 0 Å². The Morgan fingerprint density at radius 1 is 1.38 bits per heavy atom. The summed E-state index contributed by atoms with van der Waals surface area (Å²) in [5.74, 6) is 1.62. The van der Waals surface area contributed by atoms with Crippen molar-refractivity contribution in [1.29, 1.82) is 0 Å². The normalized spacial score (nSPS) is 35.3. The minimum atomic E-state index is 0.419. The van der Waals surface area contributed by atoms with Crippen LogP contribution in [0, 0.1) is 11.8 Å². The fourth-order valence-electron chi connectivity index (χ4n) is 2.21. The van der Waals surface area contributed by atoms with Crippen LogP contribution in [0.25, 0.3) is 0 Å². The molecular weight excluding hydrogens is 158 g/mol. The molecule has 2 unspecified atom stereocenters. The fraction of sp³-hybridized carbons (Fsp3) is 1.00. The summed E-state index contributed by atoms with van der Waals surface area (Å²) >= 11 is 0. The Kier molecular flexibility index (Phi) is 3.78. The molecule has 0 aromatic heterocycles. The molecule has 0 saturated heterocycles. The molecule has 0 amide bonds. The molecule has 0 radical (unpaired) electrons. The van der Waals surface area contributed by atoms with Crippen LogP contribution in [0.4, 0.5) is 0 Å². The lowest BCUT2D eigenvalue weighted by Gasteiger charge is -2.41. The lowest BCUT2D eigenvalue weighted by atomic mass is 9.75. The highest BCUT2D eigenvalue weighted by Gasteiger charge is 2.32. The third-order valence-electron chi connectivity index (χ3n) is 3.59. The van der Waals surface area contributed by atoms with Gasteiger partial charge in [0.25, 0.3) is 0 Å². The van der Waals surface area contributed by atoms with Gasteiger partial charge in [0.15, 0.2) is 0 Å². The van der Waals surface area contributed by atoms with E-state index in [1.807, 2.05) is 0 Å². The molecular formula is C12H25N. The lowest BCUT2D eigenvalue weighted by Crippen LogP contribution is -2.50. The van der Waals surface area contributed by atoms with E-state index in [-0.39, 0.29) is 0 Å². The van der Waals surface area contributed by atoms with Gasteiger partial charge in [0.2, 0.25) is 0 Å². The van der Waals surface area contributed by atoms with Gasteiger partial charge >= 0.3 is 0 Å². The zero-order chi connectivity index (χ0) is 9.90. The Labute approximate surface area is 83.3 Å². The minimum Gasteiger partial charge on any atom is -0.311 e. The molecule has 1 saturated carbocycles. The molecule has 1 fully saturated rings. The zero-order valence-electron chi connectivity index (χ0n) is 9.69. The van der Waals surface area contributed by atoms with Crippen molar-refractivity contribution in [1.82, 2.24) is 5.32 Å². The summed E-state index contributed by atoms with van der Waals surface area (Å²) in [4.78, 5) is 0. The first kappa shape index (κ1) is 11.0. The molecule has 1 heteroatoms. The van der Waals surface area contributed by atoms with Crippen molar-refractivity contribution in [3.05, 3.63) is 0 Å². The van der Waals surface area contributed by atoms with Gasteiger partial charge in [-0.3, -0.25) is 0 Å². The van der Waals surface area contributed by atoms with Crippen LogP contribution in [0.3, 0.4) is 0 Å². The van der Waals surface area contributed by atoms with E-state index in [0.717, 1.165) is 11.8 Å². The van der Waals surface area contributed by atoms with E-state index in [0.29, 0.717) is 5.54 Å². The van der Waals surface area contributed by atoms with Gasteiger partial charge in [-0.25, -0.2) is 0 Å². The summed E-state index contributed by atoms with van der Waals surface area (Å²) in [6.07, 6.45) is 5.61.